The summed E-state index contributed by atoms with van der Waals surface area (Å²) < 4.78 is 0. The largest absolute Gasteiger partial charge is 0.347 e. The normalized spacial score (nSPS) is 11.7. The second-order valence-electron chi connectivity index (χ2n) is 6.18. The fourth-order valence-corrected chi connectivity index (χ4v) is 3.59. The standard InChI is InChI=1S/C20H22N4OS.ClH/c1-13-9-14(2)23-20(22-13)26-12-19(25)24-18(11-21)17-8-7-15-5-3-4-6-16(15)10-17;/h3-10,18H,11-12,21H2,1-2H3,(H,24,25);1H. The average molecular weight is 403 g/mol. The molecule has 0 fully saturated rings. The van der Waals surface area contributed by atoms with E-state index in [2.05, 4.69) is 39.6 Å². The molecule has 7 heteroatoms. The molecule has 0 aliphatic rings. The Labute approximate surface area is 169 Å². The number of carbonyl (C=O) groups is 1. The minimum absolute atomic E-state index is 0. The van der Waals surface area contributed by atoms with Crippen molar-refractivity contribution in [1.29, 1.82) is 0 Å². The number of thioether (sulfide) groups is 1. The van der Waals surface area contributed by atoms with E-state index in [-0.39, 0.29) is 30.1 Å². The van der Waals surface area contributed by atoms with Gasteiger partial charge in [-0.1, -0.05) is 48.2 Å². The van der Waals surface area contributed by atoms with Crippen LogP contribution in [0.1, 0.15) is 23.0 Å². The minimum Gasteiger partial charge on any atom is -0.347 e. The number of aromatic nitrogens is 2. The van der Waals surface area contributed by atoms with E-state index in [0.29, 0.717) is 11.7 Å². The number of fused-ring (bicyclic) bond motifs is 1. The zero-order valence-corrected chi connectivity index (χ0v) is 16.9. The van der Waals surface area contributed by atoms with Gasteiger partial charge in [0.15, 0.2) is 5.16 Å². The quantitative estimate of drug-likeness (QED) is 0.486. The fraction of sp³-hybridized carbons (Fsp3) is 0.250. The van der Waals surface area contributed by atoms with Crippen molar-refractivity contribution in [3.05, 3.63) is 65.5 Å². The SMILES string of the molecule is Cc1cc(C)nc(SCC(=O)NC(CN)c2ccc3ccccc3c2)n1.Cl. The number of carbonyl (C=O) groups excluding carboxylic acids is 1. The number of amides is 1. The Kier molecular flexibility index (Phi) is 7.59. The van der Waals surface area contributed by atoms with Crippen LogP contribution in [0.2, 0.25) is 0 Å². The third-order valence-corrected chi connectivity index (χ3v) is 4.89. The second-order valence-corrected chi connectivity index (χ2v) is 7.13. The van der Waals surface area contributed by atoms with Gasteiger partial charge in [-0.3, -0.25) is 4.79 Å². The topological polar surface area (TPSA) is 80.9 Å². The second kappa shape index (κ2) is 9.69. The van der Waals surface area contributed by atoms with E-state index in [4.69, 9.17) is 5.73 Å². The summed E-state index contributed by atoms with van der Waals surface area (Å²) in [5.74, 6) is 0.175. The third kappa shape index (κ3) is 5.66. The number of nitrogens with zero attached hydrogens (tertiary/aromatic N) is 2. The summed E-state index contributed by atoms with van der Waals surface area (Å²) in [7, 11) is 0. The predicted octanol–water partition coefficient (Wildman–Crippen LogP) is 3.58. The Bertz CT molecular complexity index is 915. The maximum absolute atomic E-state index is 12.3. The third-order valence-electron chi connectivity index (χ3n) is 4.04. The number of benzene rings is 2. The molecule has 5 nitrogen and oxygen atoms in total. The Hall–Kier alpha value is -2.15. The number of nitrogens with one attached hydrogen (secondary N) is 1. The number of nitrogens with two attached hydrogens (primary N) is 1. The van der Waals surface area contributed by atoms with Crippen LogP contribution in [0.25, 0.3) is 10.8 Å². The molecule has 0 saturated heterocycles. The van der Waals surface area contributed by atoms with Gasteiger partial charge in [-0.05, 0) is 42.3 Å². The Balaban J connectivity index is 0.00000261. The minimum atomic E-state index is -0.215. The zero-order valence-electron chi connectivity index (χ0n) is 15.3. The molecule has 1 unspecified atom stereocenters. The van der Waals surface area contributed by atoms with E-state index in [1.54, 1.807) is 0 Å². The van der Waals surface area contributed by atoms with Crippen LogP contribution in [-0.4, -0.2) is 28.2 Å². The molecule has 3 rings (SSSR count). The first-order valence-electron chi connectivity index (χ1n) is 8.48. The monoisotopic (exact) mass is 402 g/mol. The van der Waals surface area contributed by atoms with Crippen LogP contribution in [0.5, 0.6) is 0 Å². The number of hydrogen-bond donors (Lipinski definition) is 2. The summed E-state index contributed by atoms with van der Waals surface area (Å²) >= 11 is 1.33. The summed E-state index contributed by atoms with van der Waals surface area (Å²) in [6.45, 7) is 4.18. The molecule has 2 aromatic carbocycles. The van der Waals surface area contributed by atoms with Gasteiger partial charge in [0.25, 0.3) is 0 Å². The lowest BCUT2D eigenvalue weighted by Crippen LogP contribution is -2.34. The molecule has 0 bridgehead atoms. The number of aryl methyl sites for hydroxylation is 2. The van der Waals surface area contributed by atoms with Crippen LogP contribution in [0, 0.1) is 13.8 Å². The van der Waals surface area contributed by atoms with E-state index in [1.165, 1.54) is 17.1 Å². The first-order valence-corrected chi connectivity index (χ1v) is 9.47. The molecule has 0 radical (unpaired) electrons. The molecule has 0 aliphatic carbocycles. The summed E-state index contributed by atoms with van der Waals surface area (Å²) in [6, 6.07) is 16.0. The number of rotatable bonds is 6. The maximum Gasteiger partial charge on any atom is 0.231 e. The van der Waals surface area contributed by atoms with E-state index < -0.39 is 0 Å². The molecule has 0 spiro atoms. The lowest BCUT2D eigenvalue weighted by molar-refractivity contribution is -0.119. The lowest BCUT2D eigenvalue weighted by atomic mass is 10.0. The van der Waals surface area contributed by atoms with Crippen molar-refractivity contribution in [2.45, 2.75) is 25.0 Å². The highest BCUT2D eigenvalue weighted by molar-refractivity contribution is 7.99. The van der Waals surface area contributed by atoms with Crippen molar-refractivity contribution in [2.24, 2.45) is 5.73 Å². The van der Waals surface area contributed by atoms with Crippen LogP contribution in [0.4, 0.5) is 0 Å². The van der Waals surface area contributed by atoms with Gasteiger partial charge in [0.2, 0.25) is 5.91 Å². The smallest absolute Gasteiger partial charge is 0.231 e. The molecular weight excluding hydrogens is 380 g/mol. The van der Waals surface area contributed by atoms with Crippen LogP contribution < -0.4 is 11.1 Å². The molecule has 3 aromatic rings. The summed E-state index contributed by atoms with van der Waals surface area (Å²) in [6.07, 6.45) is 0. The van der Waals surface area contributed by atoms with Gasteiger partial charge in [0.1, 0.15) is 0 Å². The molecule has 142 valence electrons. The molecule has 0 saturated carbocycles. The highest BCUT2D eigenvalue weighted by Crippen LogP contribution is 2.20. The highest BCUT2D eigenvalue weighted by atomic mass is 35.5. The number of halogens is 1. The highest BCUT2D eigenvalue weighted by Gasteiger charge is 2.14. The first-order chi connectivity index (χ1) is 12.5. The van der Waals surface area contributed by atoms with Crippen LogP contribution in [0.15, 0.2) is 53.7 Å². The first kappa shape index (κ1) is 21.2. The molecule has 1 amide bonds. The van der Waals surface area contributed by atoms with Gasteiger partial charge < -0.3 is 11.1 Å². The van der Waals surface area contributed by atoms with Gasteiger partial charge in [0, 0.05) is 17.9 Å². The van der Waals surface area contributed by atoms with E-state index in [9.17, 15) is 4.79 Å². The van der Waals surface area contributed by atoms with E-state index in [0.717, 1.165) is 22.3 Å². The van der Waals surface area contributed by atoms with Gasteiger partial charge >= 0.3 is 0 Å². The Morgan fingerprint density at radius 3 is 2.41 bits per heavy atom. The van der Waals surface area contributed by atoms with Crippen molar-refractivity contribution < 1.29 is 4.79 Å². The van der Waals surface area contributed by atoms with Gasteiger partial charge in [-0.15, -0.1) is 12.4 Å². The Morgan fingerprint density at radius 1 is 1.07 bits per heavy atom. The fourth-order valence-electron chi connectivity index (χ4n) is 2.83. The molecule has 27 heavy (non-hydrogen) atoms. The molecule has 1 aromatic heterocycles. The average Bonchev–Trinajstić information content (AvgIpc) is 2.63. The maximum atomic E-state index is 12.3. The van der Waals surface area contributed by atoms with Crippen molar-refractivity contribution in [3.63, 3.8) is 0 Å². The van der Waals surface area contributed by atoms with Crippen LogP contribution in [0.3, 0.4) is 0 Å². The van der Waals surface area contributed by atoms with Gasteiger partial charge in [-0.2, -0.15) is 0 Å². The molecule has 1 heterocycles. The zero-order chi connectivity index (χ0) is 18.5. The van der Waals surface area contributed by atoms with E-state index in [1.807, 2.05) is 38.1 Å². The summed E-state index contributed by atoms with van der Waals surface area (Å²) in [5.41, 5.74) is 8.70. The molecule has 3 N–H and O–H groups in total. The molecule has 0 aliphatic heterocycles. The Morgan fingerprint density at radius 2 is 1.74 bits per heavy atom. The summed E-state index contributed by atoms with van der Waals surface area (Å²) in [5, 5.41) is 5.93. The van der Waals surface area contributed by atoms with Gasteiger partial charge in [0.05, 0.1) is 11.8 Å². The van der Waals surface area contributed by atoms with Crippen molar-refractivity contribution in [1.82, 2.24) is 15.3 Å². The van der Waals surface area contributed by atoms with Crippen LogP contribution in [-0.2, 0) is 4.79 Å². The number of hydrogen-bond acceptors (Lipinski definition) is 5. The van der Waals surface area contributed by atoms with Crippen molar-refractivity contribution >= 4 is 40.8 Å². The predicted molar refractivity (Wildman–Crippen MR) is 113 cm³/mol. The lowest BCUT2D eigenvalue weighted by Gasteiger charge is -2.18. The van der Waals surface area contributed by atoms with Crippen molar-refractivity contribution in [2.75, 3.05) is 12.3 Å². The van der Waals surface area contributed by atoms with Crippen LogP contribution >= 0.6 is 24.2 Å². The van der Waals surface area contributed by atoms with Gasteiger partial charge in [-0.25, -0.2) is 9.97 Å². The molecular formula is C20H23ClN4OS. The molecule has 1 atom stereocenters. The van der Waals surface area contributed by atoms with Crippen molar-refractivity contribution in [3.8, 4) is 0 Å². The van der Waals surface area contributed by atoms with E-state index >= 15 is 0 Å². The summed E-state index contributed by atoms with van der Waals surface area (Å²) in [4.78, 5) is 21.0.